The van der Waals surface area contributed by atoms with Gasteiger partial charge < -0.3 is 0 Å². The van der Waals surface area contributed by atoms with Crippen LogP contribution in [0.2, 0.25) is 0 Å². The van der Waals surface area contributed by atoms with Gasteiger partial charge in [0.1, 0.15) is 0 Å². The van der Waals surface area contributed by atoms with E-state index in [1.165, 1.54) is 12.8 Å². The molecule has 0 aromatic heterocycles. The molecule has 3 N–H and O–H groups in total. The second kappa shape index (κ2) is 5.29. The topological polar surface area (TPSA) is 58.4 Å². The van der Waals surface area contributed by atoms with Crippen molar-refractivity contribution in [3.63, 3.8) is 0 Å². The van der Waals surface area contributed by atoms with Crippen molar-refractivity contribution >= 4 is 5.91 Å². The summed E-state index contributed by atoms with van der Waals surface area (Å²) in [5.41, 5.74) is 3.92. The number of nitrogen functional groups attached to an aromatic ring is 1. The molecule has 1 aliphatic carbocycles. The Morgan fingerprint density at radius 3 is 2.76 bits per heavy atom. The predicted molar refractivity (Wildman–Crippen MR) is 67.2 cm³/mol. The van der Waals surface area contributed by atoms with Crippen LogP contribution in [-0.2, 0) is 6.54 Å². The molecule has 0 bridgehead atoms. The van der Waals surface area contributed by atoms with Crippen LogP contribution in [-0.4, -0.2) is 23.4 Å². The molecule has 92 valence electrons. The van der Waals surface area contributed by atoms with Crippen molar-refractivity contribution in [2.75, 3.05) is 6.54 Å². The van der Waals surface area contributed by atoms with Gasteiger partial charge in [-0.15, -0.1) is 0 Å². The van der Waals surface area contributed by atoms with Crippen LogP contribution < -0.4 is 11.3 Å². The number of nitrogens with zero attached hydrogens (tertiary/aromatic N) is 1. The standard InChI is InChI=1S/C13H19N3O/c1-2-16(11-7-8-11)9-10-5-3-4-6-12(10)13(17)15-14/h3-6,11H,2,7-9,14H2,1H3,(H,15,17). The fourth-order valence-electron chi connectivity index (χ4n) is 2.12. The Hall–Kier alpha value is -1.39. The molecule has 0 heterocycles. The van der Waals surface area contributed by atoms with Crippen LogP contribution in [0.5, 0.6) is 0 Å². The lowest BCUT2D eigenvalue weighted by Gasteiger charge is -2.21. The highest BCUT2D eigenvalue weighted by molar-refractivity contribution is 5.95. The number of rotatable bonds is 5. The average molecular weight is 233 g/mol. The van der Waals surface area contributed by atoms with Gasteiger partial charge in [0.05, 0.1) is 0 Å². The summed E-state index contributed by atoms with van der Waals surface area (Å²) in [6.07, 6.45) is 2.55. The summed E-state index contributed by atoms with van der Waals surface area (Å²) in [7, 11) is 0. The number of hydrazine groups is 1. The lowest BCUT2D eigenvalue weighted by Crippen LogP contribution is -2.32. The molecule has 0 saturated heterocycles. The zero-order chi connectivity index (χ0) is 12.3. The predicted octanol–water partition coefficient (Wildman–Crippen LogP) is 1.27. The van der Waals surface area contributed by atoms with Gasteiger partial charge in [0, 0.05) is 18.2 Å². The molecule has 4 nitrogen and oxygen atoms in total. The molecule has 0 radical (unpaired) electrons. The zero-order valence-corrected chi connectivity index (χ0v) is 10.1. The lowest BCUT2D eigenvalue weighted by molar-refractivity contribution is 0.0951. The largest absolute Gasteiger partial charge is 0.296 e. The highest BCUT2D eigenvalue weighted by atomic mass is 16.2. The Balaban J connectivity index is 2.16. The van der Waals surface area contributed by atoms with Crippen LogP contribution in [0.4, 0.5) is 0 Å². The highest BCUT2D eigenvalue weighted by Crippen LogP contribution is 2.28. The van der Waals surface area contributed by atoms with E-state index in [0.29, 0.717) is 11.6 Å². The summed E-state index contributed by atoms with van der Waals surface area (Å²) < 4.78 is 0. The second-order valence-electron chi connectivity index (χ2n) is 4.42. The Labute approximate surface area is 102 Å². The van der Waals surface area contributed by atoms with Gasteiger partial charge in [-0.1, -0.05) is 25.1 Å². The minimum absolute atomic E-state index is 0.215. The summed E-state index contributed by atoms with van der Waals surface area (Å²) in [4.78, 5) is 14.0. The highest BCUT2D eigenvalue weighted by Gasteiger charge is 2.28. The first-order chi connectivity index (χ1) is 8.26. The third-order valence-corrected chi connectivity index (χ3v) is 3.24. The van der Waals surface area contributed by atoms with Crippen LogP contribution in [0.3, 0.4) is 0 Å². The third-order valence-electron chi connectivity index (χ3n) is 3.24. The summed E-state index contributed by atoms with van der Waals surface area (Å²) in [6, 6.07) is 8.34. The minimum atomic E-state index is -0.215. The van der Waals surface area contributed by atoms with E-state index in [9.17, 15) is 4.79 Å². The van der Waals surface area contributed by atoms with Gasteiger partial charge in [-0.05, 0) is 31.0 Å². The summed E-state index contributed by atoms with van der Waals surface area (Å²) >= 11 is 0. The van der Waals surface area contributed by atoms with E-state index >= 15 is 0 Å². The Morgan fingerprint density at radius 1 is 1.47 bits per heavy atom. The summed E-state index contributed by atoms with van der Waals surface area (Å²) in [5, 5.41) is 0. The monoisotopic (exact) mass is 233 g/mol. The second-order valence-corrected chi connectivity index (χ2v) is 4.42. The van der Waals surface area contributed by atoms with Gasteiger partial charge >= 0.3 is 0 Å². The van der Waals surface area contributed by atoms with Crippen molar-refractivity contribution in [1.29, 1.82) is 0 Å². The van der Waals surface area contributed by atoms with Gasteiger partial charge in [-0.3, -0.25) is 15.1 Å². The molecule has 0 unspecified atom stereocenters. The Bertz CT molecular complexity index is 401. The smallest absolute Gasteiger partial charge is 0.265 e. The van der Waals surface area contributed by atoms with E-state index in [4.69, 9.17) is 5.84 Å². The van der Waals surface area contributed by atoms with Crippen molar-refractivity contribution in [3.8, 4) is 0 Å². The SMILES string of the molecule is CCN(Cc1ccccc1C(=O)NN)C1CC1. The number of carbonyl (C=O) groups is 1. The molecule has 0 spiro atoms. The van der Waals surface area contributed by atoms with Crippen molar-refractivity contribution in [3.05, 3.63) is 35.4 Å². The number of nitrogens with two attached hydrogens (primary N) is 1. The Kier molecular flexibility index (Phi) is 3.76. The summed E-state index contributed by atoms with van der Waals surface area (Å²) in [6.45, 7) is 4.00. The van der Waals surface area contributed by atoms with Crippen molar-refractivity contribution in [2.45, 2.75) is 32.4 Å². The molecule has 2 rings (SSSR count). The molecule has 0 atom stereocenters. The van der Waals surface area contributed by atoms with Gasteiger partial charge in [0.2, 0.25) is 0 Å². The van der Waals surface area contributed by atoms with E-state index in [1.807, 2.05) is 24.3 Å². The first-order valence-electron chi connectivity index (χ1n) is 6.09. The normalized spacial score (nSPS) is 15.0. The lowest BCUT2D eigenvalue weighted by atomic mass is 10.1. The molecule has 1 aliphatic rings. The van der Waals surface area contributed by atoms with E-state index < -0.39 is 0 Å². The van der Waals surface area contributed by atoms with Gasteiger partial charge in [-0.2, -0.15) is 0 Å². The van der Waals surface area contributed by atoms with E-state index in [2.05, 4.69) is 17.2 Å². The Morgan fingerprint density at radius 2 is 2.18 bits per heavy atom. The maximum absolute atomic E-state index is 11.6. The quantitative estimate of drug-likeness (QED) is 0.457. The number of carbonyl (C=O) groups excluding carboxylic acids is 1. The third kappa shape index (κ3) is 2.84. The molecule has 1 aromatic rings. The van der Waals surface area contributed by atoms with Crippen molar-refractivity contribution in [2.24, 2.45) is 5.84 Å². The number of nitrogens with one attached hydrogen (secondary N) is 1. The average Bonchev–Trinajstić information content (AvgIpc) is 3.19. The van der Waals surface area contributed by atoms with Crippen LogP contribution in [0, 0.1) is 0 Å². The van der Waals surface area contributed by atoms with Crippen molar-refractivity contribution in [1.82, 2.24) is 10.3 Å². The molecule has 0 aliphatic heterocycles. The van der Waals surface area contributed by atoms with Crippen LogP contribution in [0.25, 0.3) is 0 Å². The van der Waals surface area contributed by atoms with Crippen molar-refractivity contribution < 1.29 is 4.79 Å². The van der Waals surface area contributed by atoms with Gasteiger partial charge in [0.15, 0.2) is 0 Å². The number of benzene rings is 1. The molecule has 1 fully saturated rings. The fourth-order valence-corrected chi connectivity index (χ4v) is 2.12. The first kappa shape index (κ1) is 12.1. The molecule has 1 saturated carbocycles. The fraction of sp³-hybridized carbons (Fsp3) is 0.462. The first-order valence-corrected chi connectivity index (χ1v) is 6.09. The molecule has 17 heavy (non-hydrogen) atoms. The number of amides is 1. The van der Waals surface area contributed by atoms with E-state index in [1.54, 1.807) is 0 Å². The maximum atomic E-state index is 11.6. The number of hydrogen-bond acceptors (Lipinski definition) is 3. The molecule has 1 aromatic carbocycles. The van der Waals surface area contributed by atoms with E-state index in [-0.39, 0.29) is 5.91 Å². The number of hydrogen-bond donors (Lipinski definition) is 2. The van der Waals surface area contributed by atoms with Crippen LogP contribution in [0.15, 0.2) is 24.3 Å². The maximum Gasteiger partial charge on any atom is 0.265 e. The van der Waals surface area contributed by atoms with E-state index in [0.717, 1.165) is 18.7 Å². The van der Waals surface area contributed by atoms with Crippen LogP contribution >= 0.6 is 0 Å². The van der Waals surface area contributed by atoms with Gasteiger partial charge in [-0.25, -0.2) is 5.84 Å². The summed E-state index contributed by atoms with van der Waals surface area (Å²) in [5.74, 6) is 4.98. The molecular formula is C13H19N3O. The molecule has 1 amide bonds. The molecule has 4 heteroatoms. The minimum Gasteiger partial charge on any atom is -0.296 e. The zero-order valence-electron chi connectivity index (χ0n) is 10.1. The molecular weight excluding hydrogens is 214 g/mol. The van der Waals surface area contributed by atoms with Gasteiger partial charge in [0.25, 0.3) is 5.91 Å². The van der Waals surface area contributed by atoms with Crippen LogP contribution in [0.1, 0.15) is 35.7 Å².